The number of methoxy groups -OCH3 is 1. The summed E-state index contributed by atoms with van der Waals surface area (Å²) in [6, 6.07) is 7.89. The maximum atomic E-state index is 5.61. The Hall–Kier alpha value is -2.14. The van der Waals surface area contributed by atoms with Crippen molar-refractivity contribution in [1.29, 1.82) is 0 Å². The van der Waals surface area contributed by atoms with Gasteiger partial charge in [0.05, 0.1) is 13.3 Å². The molecule has 0 aromatic carbocycles. The van der Waals surface area contributed by atoms with Crippen molar-refractivity contribution in [3.63, 3.8) is 0 Å². The lowest BCUT2D eigenvalue weighted by molar-refractivity contribution is 0.413. The van der Waals surface area contributed by atoms with Crippen LogP contribution in [0.4, 0.5) is 5.82 Å². The molecule has 0 fully saturated rings. The maximum Gasteiger partial charge on any atom is 0.137 e. The molecule has 2 aromatic rings. The van der Waals surface area contributed by atoms with E-state index in [4.69, 9.17) is 10.5 Å². The molecule has 0 aliphatic rings. The van der Waals surface area contributed by atoms with Crippen molar-refractivity contribution in [2.75, 3.05) is 25.1 Å². The van der Waals surface area contributed by atoms with Crippen LogP contribution in [0.1, 0.15) is 12.0 Å². The highest BCUT2D eigenvalue weighted by molar-refractivity contribution is 5.41. The summed E-state index contributed by atoms with van der Waals surface area (Å²) in [5.74, 6) is 1.68. The van der Waals surface area contributed by atoms with E-state index in [0.29, 0.717) is 6.54 Å². The van der Waals surface area contributed by atoms with E-state index in [1.54, 1.807) is 19.5 Å². The third-order valence-corrected chi connectivity index (χ3v) is 3.01. The molecule has 5 nitrogen and oxygen atoms in total. The van der Waals surface area contributed by atoms with Gasteiger partial charge in [0.15, 0.2) is 0 Å². The zero-order valence-corrected chi connectivity index (χ0v) is 11.7. The molecule has 2 N–H and O–H groups in total. The van der Waals surface area contributed by atoms with Crippen LogP contribution in [0.15, 0.2) is 42.9 Å². The van der Waals surface area contributed by atoms with E-state index in [9.17, 15) is 0 Å². The smallest absolute Gasteiger partial charge is 0.137 e. The summed E-state index contributed by atoms with van der Waals surface area (Å²) < 4.78 is 5.14. The van der Waals surface area contributed by atoms with E-state index in [-0.39, 0.29) is 0 Å². The number of hydrogen-bond acceptors (Lipinski definition) is 5. The summed E-state index contributed by atoms with van der Waals surface area (Å²) in [5.41, 5.74) is 6.77. The molecule has 106 valence electrons. The van der Waals surface area contributed by atoms with Gasteiger partial charge in [-0.15, -0.1) is 0 Å². The highest BCUT2D eigenvalue weighted by Crippen LogP contribution is 2.17. The number of pyridine rings is 2. The minimum Gasteiger partial charge on any atom is -0.495 e. The van der Waals surface area contributed by atoms with E-state index in [1.165, 1.54) is 0 Å². The van der Waals surface area contributed by atoms with Crippen LogP contribution in [0.3, 0.4) is 0 Å². The Morgan fingerprint density at radius 3 is 2.75 bits per heavy atom. The lowest BCUT2D eigenvalue weighted by Crippen LogP contribution is -2.26. The highest BCUT2D eigenvalue weighted by atomic mass is 16.5. The molecule has 0 radical (unpaired) electrons. The Labute approximate surface area is 119 Å². The second-order valence-electron chi connectivity index (χ2n) is 4.48. The van der Waals surface area contributed by atoms with E-state index < -0.39 is 0 Å². The lowest BCUT2D eigenvalue weighted by atomic mass is 10.2. The predicted molar refractivity (Wildman–Crippen MR) is 79.7 cm³/mol. The van der Waals surface area contributed by atoms with Crippen LogP contribution in [-0.4, -0.2) is 30.2 Å². The maximum absolute atomic E-state index is 5.61. The summed E-state index contributed by atoms with van der Waals surface area (Å²) in [6.45, 7) is 2.30. The minimum absolute atomic E-state index is 0.666. The summed E-state index contributed by atoms with van der Waals surface area (Å²) in [5, 5.41) is 0. The molecule has 0 saturated carbocycles. The summed E-state index contributed by atoms with van der Waals surface area (Å²) >= 11 is 0. The van der Waals surface area contributed by atoms with Gasteiger partial charge in [-0.2, -0.15) is 0 Å². The summed E-state index contributed by atoms with van der Waals surface area (Å²) in [6.07, 6.45) is 6.31. The van der Waals surface area contributed by atoms with Crippen LogP contribution in [0.2, 0.25) is 0 Å². The zero-order chi connectivity index (χ0) is 14.2. The molecule has 0 bridgehead atoms. The molecule has 0 amide bonds. The Morgan fingerprint density at radius 2 is 2.15 bits per heavy atom. The number of nitrogens with zero attached hydrogens (tertiary/aromatic N) is 3. The van der Waals surface area contributed by atoms with Crippen molar-refractivity contribution in [1.82, 2.24) is 9.97 Å². The molecular weight excluding hydrogens is 252 g/mol. The molecule has 2 aromatic heterocycles. The van der Waals surface area contributed by atoms with Gasteiger partial charge in [-0.05, 0) is 36.7 Å². The molecule has 0 aliphatic carbocycles. The Balaban J connectivity index is 2.13. The number of anilines is 1. The molecule has 2 rings (SSSR count). The normalized spacial score (nSPS) is 10.3. The fourth-order valence-electron chi connectivity index (χ4n) is 1.95. The highest BCUT2D eigenvalue weighted by Gasteiger charge is 2.08. The third-order valence-electron chi connectivity index (χ3n) is 3.01. The summed E-state index contributed by atoms with van der Waals surface area (Å²) in [7, 11) is 1.64. The Morgan fingerprint density at radius 1 is 1.25 bits per heavy atom. The zero-order valence-electron chi connectivity index (χ0n) is 11.7. The molecule has 0 unspecified atom stereocenters. The topological polar surface area (TPSA) is 64.3 Å². The van der Waals surface area contributed by atoms with Gasteiger partial charge in [0.25, 0.3) is 0 Å². The molecule has 20 heavy (non-hydrogen) atoms. The second kappa shape index (κ2) is 7.45. The van der Waals surface area contributed by atoms with Gasteiger partial charge in [0.2, 0.25) is 0 Å². The average Bonchev–Trinajstić information content (AvgIpc) is 2.52. The van der Waals surface area contributed by atoms with Crippen LogP contribution < -0.4 is 15.4 Å². The first-order valence-corrected chi connectivity index (χ1v) is 6.67. The fraction of sp³-hybridized carbons (Fsp3) is 0.333. The van der Waals surface area contributed by atoms with Crippen LogP contribution in [0, 0.1) is 0 Å². The van der Waals surface area contributed by atoms with Crippen molar-refractivity contribution in [3.8, 4) is 5.75 Å². The first-order valence-electron chi connectivity index (χ1n) is 6.67. The van der Waals surface area contributed by atoms with E-state index in [0.717, 1.165) is 36.6 Å². The van der Waals surface area contributed by atoms with Crippen LogP contribution in [0.25, 0.3) is 0 Å². The summed E-state index contributed by atoms with van der Waals surface area (Å²) in [4.78, 5) is 10.8. The van der Waals surface area contributed by atoms with E-state index in [1.807, 2.05) is 24.4 Å². The van der Waals surface area contributed by atoms with Gasteiger partial charge < -0.3 is 15.4 Å². The van der Waals surface area contributed by atoms with Gasteiger partial charge >= 0.3 is 0 Å². The van der Waals surface area contributed by atoms with Crippen molar-refractivity contribution < 1.29 is 4.74 Å². The second-order valence-corrected chi connectivity index (χ2v) is 4.48. The first kappa shape index (κ1) is 14.3. The van der Waals surface area contributed by atoms with Crippen LogP contribution in [-0.2, 0) is 6.54 Å². The SMILES string of the molecule is COc1ccc(N(CCCN)Cc2cccnc2)nc1. The number of hydrogen-bond donors (Lipinski definition) is 1. The van der Waals surface area contributed by atoms with E-state index >= 15 is 0 Å². The van der Waals surface area contributed by atoms with Gasteiger partial charge in [-0.1, -0.05) is 6.07 Å². The molecule has 2 heterocycles. The molecule has 0 saturated heterocycles. The number of nitrogens with two attached hydrogens (primary N) is 1. The molecule has 0 atom stereocenters. The quantitative estimate of drug-likeness (QED) is 0.833. The van der Waals surface area contributed by atoms with Crippen molar-refractivity contribution in [2.45, 2.75) is 13.0 Å². The standard InChI is InChI=1S/C15H20N4O/c1-20-14-5-6-15(18-11-14)19(9-3-7-16)12-13-4-2-8-17-10-13/h2,4-6,8,10-11H,3,7,9,12,16H2,1H3. The van der Waals surface area contributed by atoms with Crippen molar-refractivity contribution >= 4 is 5.82 Å². The van der Waals surface area contributed by atoms with Gasteiger partial charge in [0, 0.05) is 25.5 Å². The van der Waals surface area contributed by atoms with Gasteiger partial charge in [-0.3, -0.25) is 4.98 Å². The number of rotatable bonds is 7. The number of aromatic nitrogens is 2. The van der Waals surface area contributed by atoms with Crippen molar-refractivity contribution in [3.05, 3.63) is 48.4 Å². The lowest BCUT2D eigenvalue weighted by Gasteiger charge is -2.23. The molecule has 5 heteroatoms. The molecular formula is C15H20N4O. The largest absolute Gasteiger partial charge is 0.495 e. The Bertz CT molecular complexity index is 501. The fourth-order valence-corrected chi connectivity index (χ4v) is 1.95. The third kappa shape index (κ3) is 3.93. The van der Waals surface area contributed by atoms with Crippen molar-refractivity contribution in [2.24, 2.45) is 5.73 Å². The number of ether oxygens (including phenoxy) is 1. The minimum atomic E-state index is 0.666. The van der Waals surface area contributed by atoms with E-state index in [2.05, 4.69) is 20.9 Å². The Kier molecular flexibility index (Phi) is 5.32. The monoisotopic (exact) mass is 272 g/mol. The van der Waals surface area contributed by atoms with Crippen LogP contribution >= 0.6 is 0 Å². The van der Waals surface area contributed by atoms with Crippen LogP contribution in [0.5, 0.6) is 5.75 Å². The molecule has 0 spiro atoms. The first-order chi connectivity index (χ1) is 9.83. The van der Waals surface area contributed by atoms with Gasteiger partial charge in [-0.25, -0.2) is 4.98 Å². The predicted octanol–water partition coefficient (Wildman–Crippen LogP) is 1.84. The average molecular weight is 272 g/mol. The van der Waals surface area contributed by atoms with Gasteiger partial charge in [0.1, 0.15) is 11.6 Å². The molecule has 0 aliphatic heterocycles.